The van der Waals surface area contributed by atoms with Crippen LogP contribution in [0.25, 0.3) is 33.4 Å². The summed E-state index contributed by atoms with van der Waals surface area (Å²) in [6.45, 7) is 4.32. The summed E-state index contributed by atoms with van der Waals surface area (Å²) < 4.78 is 3.55. The Bertz CT molecular complexity index is 1200. The SMILES string of the molecule is CC(C)c1cccc(-c2c(-c3ccc4nccnc4c3)n(C)n(C)c2=O)c1. The van der Waals surface area contributed by atoms with E-state index in [-0.39, 0.29) is 5.56 Å². The Balaban J connectivity index is 2.00. The summed E-state index contributed by atoms with van der Waals surface area (Å²) in [7, 11) is 3.70. The molecule has 0 spiro atoms. The monoisotopic (exact) mass is 358 g/mol. The van der Waals surface area contributed by atoms with Gasteiger partial charge in [-0.15, -0.1) is 0 Å². The van der Waals surface area contributed by atoms with E-state index in [2.05, 4.69) is 35.9 Å². The molecule has 0 amide bonds. The van der Waals surface area contributed by atoms with E-state index in [0.29, 0.717) is 11.5 Å². The van der Waals surface area contributed by atoms with Gasteiger partial charge < -0.3 is 0 Å². The highest BCUT2D eigenvalue weighted by Gasteiger charge is 2.20. The molecule has 0 aliphatic rings. The van der Waals surface area contributed by atoms with Gasteiger partial charge in [0.25, 0.3) is 5.56 Å². The summed E-state index contributed by atoms with van der Waals surface area (Å²) >= 11 is 0. The summed E-state index contributed by atoms with van der Waals surface area (Å²) in [6.07, 6.45) is 3.37. The van der Waals surface area contributed by atoms with Crippen molar-refractivity contribution in [1.29, 1.82) is 0 Å². The lowest BCUT2D eigenvalue weighted by Crippen LogP contribution is -2.17. The largest absolute Gasteiger partial charge is 0.285 e. The van der Waals surface area contributed by atoms with Crippen LogP contribution >= 0.6 is 0 Å². The minimum Gasteiger partial charge on any atom is -0.285 e. The first-order chi connectivity index (χ1) is 13.0. The van der Waals surface area contributed by atoms with Crippen molar-refractivity contribution in [2.75, 3.05) is 0 Å². The number of fused-ring (bicyclic) bond motifs is 1. The highest BCUT2D eigenvalue weighted by molar-refractivity contribution is 5.86. The van der Waals surface area contributed by atoms with Crippen molar-refractivity contribution in [2.24, 2.45) is 14.1 Å². The molecular weight excluding hydrogens is 336 g/mol. The zero-order chi connectivity index (χ0) is 19.1. The lowest BCUT2D eigenvalue weighted by molar-refractivity contribution is 0.584. The Morgan fingerprint density at radius 2 is 1.59 bits per heavy atom. The molecule has 27 heavy (non-hydrogen) atoms. The Morgan fingerprint density at radius 1 is 0.852 bits per heavy atom. The van der Waals surface area contributed by atoms with Gasteiger partial charge in [0.15, 0.2) is 0 Å². The molecule has 0 saturated carbocycles. The zero-order valence-corrected chi connectivity index (χ0v) is 16.0. The number of hydrogen-bond acceptors (Lipinski definition) is 3. The summed E-state index contributed by atoms with van der Waals surface area (Å²) in [6, 6.07) is 14.2. The van der Waals surface area contributed by atoms with Crippen molar-refractivity contribution < 1.29 is 0 Å². The first-order valence-corrected chi connectivity index (χ1v) is 9.05. The van der Waals surface area contributed by atoms with E-state index in [9.17, 15) is 4.79 Å². The Hall–Kier alpha value is -3.21. The van der Waals surface area contributed by atoms with Gasteiger partial charge >= 0.3 is 0 Å². The molecule has 0 radical (unpaired) electrons. The van der Waals surface area contributed by atoms with Gasteiger partial charge in [-0.2, -0.15) is 0 Å². The van der Waals surface area contributed by atoms with Crippen LogP contribution in [0.4, 0.5) is 0 Å². The second kappa shape index (κ2) is 6.50. The van der Waals surface area contributed by atoms with Crippen LogP contribution in [-0.4, -0.2) is 19.3 Å². The van der Waals surface area contributed by atoms with Crippen LogP contribution in [0.3, 0.4) is 0 Å². The Labute approximate surface area is 157 Å². The second-order valence-electron chi connectivity index (χ2n) is 7.12. The van der Waals surface area contributed by atoms with E-state index in [1.165, 1.54) is 5.56 Å². The number of benzene rings is 2. The maximum atomic E-state index is 13.0. The third-order valence-corrected chi connectivity index (χ3v) is 5.10. The summed E-state index contributed by atoms with van der Waals surface area (Å²) in [5.74, 6) is 0.400. The Kier molecular flexibility index (Phi) is 4.15. The van der Waals surface area contributed by atoms with Gasteiger partial charge in [0.05, 0.1) is 22.3 Å². The molecule has 0 aliphatic heterocycles. The zero-order valence-electron chi connectivity index (χ0n) is 16.0. The molecule has 5 nitrogen and oxygen atoms in total. The normalized spacial score (nSPS) is 11.4. The van der Waals surface area contributed by atoms with Crippen molar-refractivity contribution in [3.63, 3.8) is 0 Å². The van der Waals surface area contributed by atoms with Crippen LogP contribution in [0.1, 0.15) is 25.3 Å². The third kappa shape index (κ3) is 2.85. The van der Waals surface area contributed by atoms with E-state index in [1.807, 2.05) is 42.1 Å². The molecule has 5 heteroatoms. The maximum absolute atomic E-state index is 13.0. The van der Waals surface area contributed by atoms with E-state index >= 15 is 0 Å². The lowest BCUT2D eigenvalue weighted by Gasteiger charge is -2.10. The van der Waals surface area contributed by atoms with Gasteiger partial charge in [-0.3, -0.25) is 24.1 Å². The van der Waals surface area contributed by atoms with Gasteiger partial charge in [-0.25, -0.2) is 0 Å². The highest BCUT2D eigenvalue weighted by atomic mass is 16.1. The molecule has 0 N–H and O–H groups in total. The van der Waals surface area contributed by atoms with Gasteiger partial charge in [-0.1, -0.05) is 44.2 Å². The molecule has 0 atom stereocenters. The number of rotatable bonds is 3. The second-order valence-corrected chi connectivity index (χ2v) is 7.12. The van der Waals surface area contributed by atoms with Gasteiger partial charge in [0.1, 0.15) is 0 Å². The minimum atomic E-state index is -0.00681. The molecular formula is C22H22N4O. The number of hydrogen-bond donors (Lipinski definition) is 0. The van der Waals surface area contributed by atoms with E-state index in [1.54, 1.807) is 24.1 Å². The standard InChI is InChI=1S/C22H22N4O/c1-14(2)15-6-5-7-16(12-15)20-21(25(3)26(4)22(20)27)17-8-9-18-19(13-17)24-11-10-23-18/h5-14H,1-4H3. The number of aromatic nitrogens is 4. The first kappa shape index (κ1) is 17.2. The average molecular weight is 358 g/mol. The molecule has 136 valence electrons. The van der Waals surface area contributed by atoms with E-state index < -0.39 is 0 Å². The molecule has 0 unspecified atom stereocenters. The molecule has 2 aromatic carbocycles. The van der Waals surface area contributed by atoms with Crippen LogP contribution < -0.4 is 5.56 Å². The van der Waals surface area contributed by atoms with Crippen LogP contribution in [0.15, 0.2) is 59.7 Å². The fourth-order valence-corrected chi connectivity index (χ4v) is 3.47. The first-order valence-electron chi connectivity index (χ1n) is 9.05. The Morgan fingerprint density at radius 3 is 2.33 bits per heavy atom. The third-order valence-electron chi connectivity index (χ3n) is 5.10. The fourth-order valence-electron chi connectivity index (χ4n) is 3.47. The van der Waals surface area contributed by atoms with Crippen LogP contribution in [0.2, 0.25) is 0 Å². The van der Waals surface area contributed by atoms with Crippen LogP contribution in [0.5, 0.6) is 0 Å². The molecule has 2 heterocycles. The number of nitrogens with zero attached hydrogens (tertiary/aromatic N) is 4. The molecule has 0 fully saturated rings. The van der Waals surface area contributed by atoms with Gasteiger partial charge in [-0.05, 0) is 29.2 Å². The van der Waals surface area contributed by atoms with Crippen LogP contribution in [0, 0.1) is 0 Å². The van der Waals surface area contributed by atoms with Crippen molar-refractivity contribution in [1.82, 2.24) is 19.3 Å². The van der Waals surface area contributed by atoms with Crippen molar-refractivity contribution >= 4 is 11.0 Å². The maximum Gasteiger partial charge on any atom is 0.274 e. The van der Waals surface area contributed by atoms with Crippen molar-refractivity contribution in [2.45, 2.75) is 19.8 Å². The summed E-state index contributed by atoms with van der Waals surface area (Å²) in [5, 5.41) is 0. The topological polar surface area (TPSA) is 52.7 Å². The van der Waals surface area contributed by atoms with E-state index in [0.717, 1.165) is 27.9 Å². The predicted octanol–water partition coefficient (Wildman–Crippen LogP) is 4.12. The average Bonchev–Trinajstić information content (AvgIpc) is 2.91. The molecule has 2 aromatic heterocycles. The smallest absolute Gasteiger partial charge is 0.274 e. The fraction of sp³-hybridized carbons (Fsp3) is 0.227. The van der Waals surface area contributed by atoms with Crippen molar-refractivity contribution in [3.8, 4) is 22.4 Å². The minimum absolute atomic E-state index is 0.00681. The highest BCUT2D eigenvalue weighted by Crippen LogP contribution is 2.32. The van der Waals surface area contributed by atoms with Gasteiger partial charge in [0, 0.05) is 32.1 Å². The van der Waals surface area contributed by atoms with Gasteiger partial charge in [0.2, 0.25) is 0 Å². The van der Waals surface area contributed by atoms with Crippen molar-refractivity contribution in [3.05, 3.63) is 70.8 Å². The van der Waals surface area contributed by atoms with E-state index in [4.69, 9.17) is 0 Å². The molecule has 0 aliphatic carbocycles. The predicted molar refractivity (Wildman–Crippen MR) is 109 cm³/mol. The van der Waals surface area contributed by atoms with Crippen LogP contribution in [-0.2, 0) is 14.1 Å². The molecule has 0 saturated heterocycles. The molecule has 0 bridgehead atoms. The lowest BCUT2D eigenvalue weighted by atomic mass is 9.96. The molecule has 4 aromatic rings. The molecule has 4 rings (SSSR count). The summed E-state index contributed by atoms with van der Waals surface area (Å²) in [4.78, 5) is 21.8. The summed E-state index contributed by atoms with van der Waals surface area (Å²) in [5.41, 5.74) is 6.35. The quantitative estimate of drug-likeness (QED) is 0.553.